The van der Waals surface area contributed by atoms with Crippen LogP contribution in [0.25, 0.3) is 0 Å². The lowest BCUT2D eigenvalue weighted by Gasteiger charge is -2.16. The maximum atomic E-state index is 5.95. The Bertz CT molecular complexity index is 345. The number of benzene rings is 1. The Balaban J connectivity index is 2.18. The van der Waals surface area contributed by atoms with Crippen molar-refractivity contribution in [3.63, 3.8) is 0 Å². The normalized spacial score (nSPS) is 12.6. The lowest BCUT2D eigenvalue weighted by atomic mass is 9.91. The van der Waals surface area contributed by atoms with Gasteiger partial charge in [0.1, 0.15) is 0 Å². The average Bonchev–Trinajstić information content (AvgIpc) is 2.47. The molecule has 1 aromatic rings. The molecule has 0 radical (unpaired) electrons. The van der Waals surface area contributed by atoms with Gasteiger partial charge >= 0.3 is 0 Å². The summed E-state index contributed by atoms with van der Waals surface area (Å²) in [6, 6.07) is 8.72. The molecule has 0 spiro atoms. The monoisotopic (exact) mass is 275 g/mol. The molecule has 1 heteroatoms. The van der Waals surface area contributed by atoms with Crippen LogP contribution in [-0.2, 0) is 6.42 Å². The van der Waals surface area contributed by atoms with Crippen LogP contribution in [0, 0.1) is 12.8 Å². The van der Waals surface area contributed by atoms with Gasteiger partial charge in [-0.2, -0.15) is 0 Å². The van der Waals surface area contributed by atoms with E-state index in [0.717, 1.165) is 13.0 Å². The van der Waals surface area contributed by atoms with Gasteiger partial charge in [-0.1, -0.05) is 76.1 Å². The van der Waals surface area contributed by atoms with Crippen LogP contribution in [0.1, 0.15) is 69.4 Å². The van der Waals surface area contributed by atoms with Crippen molar-refractivity contribution in [2.24, 2.45) is 11.7 Å². The molecule has 1 unspecified atom stereocenters. The molecular formula is C19H33N. The fourth-order valence-corrected chi connectivity index (χ4v) is 2.84. The zero-order valence-electron chi connectivity index (χ0n) is 13.5. The molecule has 0 saturated carbocycles. The van der Waals surface area contributed by atoms with Gasteiger partial charge in [0.05, 0.1) is 0 Å². The minimum Gasteiger partial charge on any atom is -0.330 e. The molecule has 114 valence electrons. The number of rotatable bonds is 11. The van der Waals surface area contributed by atoms with Gasteiger partial charge in [0.15, 0.2) is 0 Å². The predicted molar refractivity (Wildman–Crippen MR) is 90.0 cm³/mol. The van der Waals surface area contributed by atoms with Gasteiger partial charge in [-0.3, -0.25) is 0 Å². The lowest BCUT2D eigenvalue weighted by Crippen LogP contribution is -2.17. The second-order valence-corrected chi connectivity index (χ2v) is 6.14. The van der Waals surface area contributed by atoms with Crippen molar-refractivity contribution in [1.29, 1.82) is 0 Å². The molecule has 1 aromatic carbocycles. The van der Waals surface area contributed by atoms with Gasteiger partial charge in [0, 0.05) is 0 Å². The third-order valence-corrected chi connectivity index (χ3v) is 4.32. The SMILES string of the molecule is CCCCCCCCCC(CN)Cc1ccccc1C. The van der Waals surface area contributed by atoms with E-state index in [-0.39, 0.29) is 0 Å². The summed E-state index contributed by atoms with van der Waals surface area (Å²) in [6.45, 7) is 5.30. The molecule has 1 atom stereocenters. The van der Waals surface area contributed by atoms with Gasteiger partial charge in [0.25, 0.3) is 0 Å². The van der Waals surface area contributed by atoms with Crippen molar-refractivity contribution < 1.29 is 0 Å². The molecular weight excluding hydrogens is 242 g/mol. The molecule has 2 N–H and O–H groups in total. The molecule has 0 aromatic heterocycles. The van der Waals surface area contributed by atoms with Gasteiger partial charge in [-0.15, -0.1) is 0 Å². The summed E-state index contributed by atoms with van der Waals surface area (Å²) in [5.41, 5.74) is 8.84. The zero-order chi connectivity index (χ0) is 14.6. The third kappa shape index (κ3) is 7.09. The van der Waals surface area contributed by atoms with Gasteiger partial charge < -0.3 is 5.73 Å². The summed E-state index contributed by atoms with van der Waals surface area (Å²) in [6.07, 6.45) is 12.1. The van der Waals surface area contributed by atoms with Gasteiger partial charge in [-0.25, -0.2) is 0 Å². The minimum absolute atomic E-state index is 0.659. The van der Waals surface area contributed by atoms with Gasteiger partial charge in [-0.05, 0) is 43.4 Å². The van der Waals surface area contributed by atoms with Crippen LogP contribution < -0.4 is 5.73 Å². The Morgan fingerprint density at radius 3 is 2.25 bits per heavy atom. The Labute approximate surface area is 126 Å². The highest BCUT2D eigenvalue weighted by atomic mass is 14.5. The highest BCUT2D eigenvalue weighted by Crippen LogP contribution is 2.18. The molecule has 20 heavy (non-hydrogen) atoms. The summed E-state index contributed by atoms with van der Waals surface area (Å²) in [5.74, 6) is 0.659. The van der Waals surface area contributed by atoms with Crippen LogP contribution in [0.5, 0.6) is 0 Å². The van der Waals surface area contributed by atoms with Crippen LogP contribution in [0.3, 0.4) is 0 Å². The maximum Gasteiger partial charge on any atom is -0.00457 e. The molecule has 1 nitrogen and oxygen atoms in total. The van der Waals surface area contributed by atoms with Crippen molar-refractivity contribution >= 4 is 0 Å². The Morgan fingerprint density at radius 2 is 1.60 bits per heavy atom. The predicted octanol–water partition coefficient (Wildman–Crippen LogP) is 5.25. The summed E-state index contributed by atoms with van der Waals surface area (Å²) in [7, 11) is 0. The van der Waals surface area contributed by atoms with Crippen molar-refractivity contribution in [1.82, 2.24) is 0 Å². The van der Waals surface area contributed by atoms with E-state index in [1.165, 1.54) is 62.5 Å². The second kappa shape index (κ2) is 10.9. The minimum atomic E-state index is 0.659. The highest BCUT2D eigenvalue weighted by molar-refractivity contribution is 5.25. The quantitative estimate of drug-likeness (QED) is 0.548. The van der Waals surface area contributed by atoms with E-state index in [0.29, 0.717) is 5.92 Å². The number of hydrogen-bond acceptors (Lipinski definition) is 1. The first-order valence-corrected chi connectivity index (χ1v) is 8.52. The van der Waals surface area contributed by atoms with E-state index in [9.17, 15) is 0 Å². The maximum absolute atomic E-state index is 5.95. The van der Waals surface area contributed by atoms with Crippen LogP contribution in [0.15, 0.2) is 24.3 Å². The fraction of sp³-hybridized carbons (Fsp3) is 0.684. The van der Waals surface area contributed by atoms with E-state index in [1.54, 1.807) is 0 Å². The van der Waals surface area contributed by atoms with Crippen LogP contribution in [-0.4, -0.2) is 6.54 Å². The van der Waals surface area contributed by atoms with E-state index in [4.69, 9.17) is 5.73 Å². The number of hydrogen-bond donors (Lipinski definition) is 1. The van der Waals surface area contributed by atoms with Crippen molar-refractivity contribution in [3.8, 4) is 0 Å². The Kier molecular flexibility index (Phi) is 9.40. The standard InChI is InChI=1S/C19H33N/c1-3-4-5-6-7-8-9-13-18(16-20)15-19-14-11-10-12-17(19)2/h10-12,14,18H,3-9,13,15-16,20H2,1-2H3. The van der Waals surface area contributed by atoms with Crippen molar-refractivity contribution in [3.05, 3.63) is 35.4 Å². The number of aryl methyl sites for hydroxylation is 1. The second-order valence-electron chi connectivity index (χ2n) is 6.14. The largest absolute Gasteiger partial charge is 0.330 e. The average molecular weight is 275 g/mol. The molecule has 0 aliphatic rings. The first kappa shape index (κ1) is 17.2. The van der Waals surface area contributed by atoms with Crippen LogP contribution >= 0.6 is 0 Å². The molecule has 0 amide bonds. The van der Waals surface area contributed by atoms with E-state index >= 15 is 0 Å². The molecule has 0 heterocycles. The molecule has 0 saturated heterocycles. The lowest BCUT2D eigenvalue weighted by molar-refractivity contribution is 0.455. The summed E-state index contributed by atoms with van der Waals surface area (Å²) >= 11 is 0. The summed E-state index contributed by atoms with van der Waals surface area (Å²) < 4.78 is 0. The van der Waals surface area contributed by atoms with E-state index in [1.807, 2.05) is 0 Å². The van der Waals surface area contributed by atoms with E-state index < -0.39 is 0 Å². The molecule has 0 aliphatic heterocycles. The molecule has 0 fully saturated rings. The topological polar surface area (TPSA) is 26.0 Å². The Hall–Kier alpha value is -0.820. The zero-order valence-corrected chi connectivity index (χ0v) is 13.5. The summed E-state index contributed by atoms with van der Waals surface area (Å²) in [4.78, 5) is 0. The fourth-order valence-electron chi connectivity index (χ4n) is 2.84. The van der Waals surface area contributed by atoms with Crippen LogP contribution in [0.4, 0.5) is 0 Å². The highest BCUT2D eigenvalue weighted by Gasteiger charge is 2.09. The van der Waals surface area contributed by atoms with Gasteiger partial charge in [0.2, 0.25) is 0 Å². The Morgan fingerprint density at radius 1 is 0.950 bits per heavy atom. The van der Waals surface area contributed by atoms with Crippen molar-refractivity contribution in [2.45, 2.75) is 71.6 Å². The van der Waals surface area contributed by atoms with E-state index in [2.05, 4.69) is 38.1 Å². The molecule has 0 aliphatic carbocycles. The first-order valence-electron chi connectivity index (χ1n) is 8.52. The first-order chi connectivity index (χ1) is 9.77. The molecule has 0 bridgehead atoms. The van der Waals surface area contributed by atoms with Crippen molar-refractivity contribution in [2.75, 3.05) is 6.54 Å². The number of unbranched alkanes of at least 4 members (excludes halogenated alkanes) is 6. The third-order valence-electron chi connectivity index (χ3n) is 4.32. The molecule has 1 rings (SSSR count). The smallest absolute Gasteiger partial charge is 0.00457 e. The summed E-state index contributed by atoms with van der Waals surface area (Å²) in [5, 5.41) is 0. The number of nitrogens with two attached hydrogens (primary N) is 1. The van der Waals surface area contributed by atoms with Crippen LogP contribution in [0.2, 0.25) is 0 Å².